The first kappa shape index (κ1) is 10.1. The van der Waals surface area contributed by atoms with Crippen molar-refractivity contribution in [2.75, 3.05) is 0 Å². The summed E-state index contributed by atoms with van der Waals surface area (Å²) in [5, 5.41) is 9.38. The van der Waals surface area contributed by atoms with Gasteiger partial charge in [0, 0.05) is 12.4 Å². The van der Waals surface area contributed by atoms with E-state index in [1.54, 1.807) is 12.4 Å². The van der Waals surface area contributed by atoms with Gasteiger partial charge in [0.15, 0.2) is 0 Å². The third-order valence-corrected chi connectivity index (χ3v) is 3.29. The van der Waals surface area contributed by atoms with Gasteiger partial charge in [-0.05, 0) is 30.9 Å². The van der Waals surface area contributed by atoms with E-state index in [1.165, 1.54) is 0 Å². The molecule has 1 aromatic heterocycles. The summed E-state index contributed by atoms with van der Waals surface area (Å²) >= 11 is 0. The van der Waals surface area contributed by atoms with Gasteiger partial charge in [0.05, 0.1) is 5.41 Å². The van der Waals surface area contributed by atoms with Gasteiger partial charge < -0.3 is 5.11 Å². The van der Waals surface area contributed by atoms with Gasteiger partial charge in [-0.2, -0.15) is 0 Å². The molecule has 1 aliphatic rings. The fraction of sp³-hybridized carbons (Fsp3) is 0.500. The quantitative estimate of drug-likeness (QED) is 0.805. The summed E-state index contributed by atoms with van der Waals surface area (Å²) < 4.78 is 0. The average Bonchev–Trinajstić information content (AvgIpc) is 2.67. The van der Waals surface area contributed by atoms with E-state index in [1.807, 2.05) is 13.0 Å². The van der Waals surface area contributed by atoms with Crippen molar-refractivity contribution in [2.24, 2.45) is 0 Å². The molecular formula is C12H15NO2. The Kier molecular flexibility index (Phi) is 2.47. The molecule has 0 atom stereocenters. The van der Waals surface area contributed by atoms with Crippen LogP contribution < -0.4 is 0 Å². The predicted octanol–water partition coefficient (Wildman–Crippen LogP) is 2.29. The Hall–Kier alpha value is -1.38. The second-order valence-electron chi connectivity index (χ2n) is 4.35. The number of aliphatic carboxylic acids is 1. The number of pyridine rings is 1. The van der Waals surface area contributed by atoms with Gasteiger partial charge in [-0.15, -0.1) is 0 Å². The first-order valence-corrected chi connectivity index (χ1v) is 5.31. The fourth-order valence-corrected chi connectivity index (χ4v) is 2.42. The normalized spacial score (nSPS) is 19.0. The first-order valence-electron chi connectivity index (χ1n) is 5.31. The van der Waals surface area contributed by atoms with Gasteiger partial charge in [-0.3, -0.25) is 9.78 Å². The van der Waals surface area contributed by atoms with Crippen molar-refractivity contribution in [3.8, 4) is 0 Å². The number of nitrogens with zero attached hydrogens (tertiary/aromatic N) is 1. The van der Waals surface area contributed by atoms with Crippen LogP contribution in [0.2, 0.25) is 0 Å². The molecule has 80 valence electrons. The van der Waals surface area contributed by atoms with Crippen LogP contribution in [0.5, 0.6) is 0 Å². The van der Waals surface area contributed by atoms with Crippen molar-refractivity contribution < 1.29 is 9.90 Å². The third kappa shape index (κ3) is 1.62. The zero-order valence-corrected chi connectivity index (χ0v) is 8.86. The molecule has 2 rings (SSSR count). The molecule has 1 saturated carbocycles. The predicted molar refractivity (Wildman–Crippen MR) is 56.8 cm³/mol. The van der Waals surface area contributed by atoms with E-state index >= 15 is 0 Å². The highest BCUT2D eigenvalue weighted by molar-refractivity contribution is 5.81. The molecule has 3 nitrogen and oxygen atoms in total. The van der Waals surface area contributed by atoms with E-state index in [2.05, 4.69) is 4.98 Å². The minimum Gasteiger partial charge on any atom is -0.481 e. The summed E-state index contributed by atoms with van der Waals surface area (Å²) in [5.41, 5.74) is 1.23. The van der Waals surface area contributed by atoms with Crippen LogP contribution in [0.15, 0.2) is 18.5 Å². The second-order valence-corrected chi connectivity index (χ2v) is 4.35. The maximum atomic E-state index is 11.4. The highest BCUT2D eigenvalue weighted by Gasteiger charge is 2.43. The van der Waals surface area contributed by atoms with Crippen LogP contribution >= 0.6 is 0 Å². The molecule has 0 amide bonds. The standard InChI is InChI=1S/C12H15NO2/c1-9-6-10(8-13-7-9)12(11(14)15)4-2-3-5-12/h6-8H,2-5H2,1H3,(H,14,15). The molecular weight excluding hydrogens is 190 g/mol. The number of carboxylic acids is 1. The van der Waals surface area contributed by atoms with E-state index in [-0.39, 0.29) is 0 Å². The van der Waals surface area contributed by atoms with Crippen LogP contribution in [0, 0.1) is 6.92 Å². The van der Waals surface area contributed by atoms with Crippen LogP contribution in [-0.2, 0) is 10.2 Å². The summed E-state index contributed by atoms with van der Waals surface area (Å²) in [5.74, 6) is -0.701. The fourth-order valence-electron chi connectivity index (χ4n) is 2.42. The van der Waals surface area contributed by atoms with Crippen LogP contribution in [-0.4, -0.2) is 16.1 Å². The van der Waals surface area contributed by atoms with Gasteiger partial charge >= 0.3 is 5.97 Å². The Balaban J connectivity index is 2.45. The lowest BCUT2D eigenvalue weighted by atomic mass is 9.79. The molecule has 0 radical (unpaired) electrons. The van der Waals surface area contributed by atoms with E-state index in [0.29, 0.717) is 0 Å². The minimum absolute atomic E-state index is 0.668. The second kappa shape index (κ2) is 3.65. The van der Waals surface area contributed by atoms with Gasteiger partial charge in [-0.1, -0.05) is 18.9 Å². The number of hydrogen-bond donors (Lipinski definition) is 1. The van der Waals surface area contributed by atoms with Gasteiger partial charge in [0.1, 0.15) is 0 Å². The molecule has 0 saturated heterocycles. The summed E-state index contributed by atoms with van der Waals surface area (Å²) in [6, 6.07) is 1.95. The molecule has 1 aromatic rings. The molecule has 1 aliphatic carbocycles. The van der Waals surface area contributed by atoms with Crippen LogP contribution in [0.3, 0.4) is 0 Å². The van der Waals surface area contributed by atoms with Crippen molar-refractivity contribution in [2.45, 2.75) is 38.0 Å². The summed E-state index contributed by atoms with van der Waals surface area (Å²) in [6.07, 6.45) is 6.95. The SMILES string of the molecule is Cc1cncc(C2(C(=O)O)CCCC2)c1. The van der Waals surface area contributed by atoms with E-state index < -0.39 is 11.4 Å². The number of carboxylic acid groups (broad SMARTS) is 1. The monoisotopic (exact) mass is 205 g/mol. The van der Waals surface area contributed by atoms with Gasteiger partial charge in [-0.25, -0.2) is 0 Å². The molecule has 0 aromatic carbocycles. The van der Waals surface area contributed by atoms with Crippen LogP contribution in [0.1, 0.15) is 36.8 Å². The Morgan fingerprint density at radius 2 is 2.07 bits per heavy atom. The number of rotatable bonds is 2. The number of hydrogen-bond acceptors (Lipinski definition) is 2. The first-order chi connectivity index (χ1) is 7.15. The minimum atomic E-state index is -0.701. The average molecular weight is 205 g/mol. The van der Waals surface area contributed by atoms with E-state index in [9.17, 15) is 9.90 Å². The van der Waals surface area contributed by atoms with Gasteiger partial charge in [0.25, 0.3) is 0 Å². The lowest BCUT2D eigenvalue weighted by Crippen LogP contribution is -2.32. The number of aromatic nitrogens is 1. The molecule has 0 bridgehead atoms. The highest BCUT2D eigenvalue weighted by atomic mass is 16.4. The maximum absolute atomic E-state index is 11.4. The van der Waals surface area contributed by atoms with Crippen molar-refractivity contribution >= 4 is 5.97 Å². The van der Waals surface area contributed by atoms with Gasteiger partial charge in [0.2, 0.25) is 0 Å². The zero-order valence-electron chi connectivity index (χ0n) is 8.86. The number of aryl methyl sites for hydroxylation is 1. The highest BCUT2D eigenvalue weighted by Crippen LogP contribution is 2.41. The van der Waals surface area contributed by atoms with Crippen molar-refractivity contribution in [1.29, 1.82) is 0 Å². The Morgan fingerprint density at radius 1 is 1.40 bits per heavy atom. The molecule has 0 unspecified atom stereocenters. The Labute approximate surface area is 89.2 Å². The smallest absolute Gasteiger partial charge is 0.314 e. The van der Waals surface area contributed by atoms with Crippen molar-refractivity contribution in [3.63, 3.8) is 0 Å². The third-order valence-electron chi connectivity index (χ3n) is 3.29. The van der Waals surface area contributed by atoms with Crippen molar-refractivity contribution in [1.82, 2.24) is 4.98 Å². The molecule has 1 fully saturated rings. The largest absolute Gasteiger partial charge is 0.481 e. The summed E-state index contributed by atoms with van der Waals surface area (Å²) in [6.45, 7) is 1.95. The topological polar surface area (TPSA) is 50.2 Å². The lowest BCUT2D eigenvalue weighted by molar-refractivity contribution is -0.143. The lowest BCUT2D eigenvalue weighted by Gasteiger charge is -2.24. The molecule has 0 aliphatic heterocycles. The molecule has 1 heterocycles. The van der Waals surface area contributed by atoms with Crippen molar-refractivity contribution in [3.05, 3.63) is 29.6 Å². The Bertz CT molecular complexity index is 381. The Morgan fingerprint density at radius 3 is 2.60 bits per heavy atom. The zero-order chi connectivity index (χ0) is 10.9. The summed E-state index contributed by atoms with van der Waals surface area (Å²) in [4.78, 5) is 15.5. The molecule has 15 heavy (non-hydrogen) atoms. The van der Waals surface area contributed by atoms with Crippen LogP contribution in [0.4, 0.5) is 0 Å². The molecule has 3 heteroatoms. The van der Waals surface area contributed by atoms with E-state index in [0.717, 1.165) is 36.8 Å². The maximum Gasteiger partial charge on any atom is 0.314 e. The molecule has 1 N–H and O–H groups in total. The molecule has 0 spiro atoms. The van der Waals surface area contributed by atoms with Crippen LogP contribution in [0.25, 0.3) is 0 Å². The number of carbonyl (C=O) groups is 1. The summed E-state index contributed by atoms with van der Waals surface area (Å²) in [7, 11) is 0. The van der Waals surface area contributed by atoms with E-state index in [4.69, 9.17) is 0 Å².